The molecule has 0 aromatic heterocycles. The van der Waals surface area contributed by atoms with Crippen LogP contribution in [-0.4, -0.2) is 17.6 Å². The number of nitrogens with one attached hydrogen (secondary N) is 1. The molecule has 0 saturated carbocycles. The van der Waals surface area contributed by atoms with Crippen molar-refractivity contribution in [2.24, 2.45) is 11.5 Å². The molecule has 0 amide bonds. The summed E-state index contributed by atoms with van der Waals surface area (Å²) in [6, 6.07) is 0. The molecule has 0 fully saturated rings. The summed E-state index contributed by atoms with van der Waals surface area (Å²) in [5, 5.41) is 11.1. The molecule has 0 atom stereocenters. The van der Waals surface area contributed by atoms with Crippen LogP contribution >= 0.6 is 0 Å². The van der Waals surface area contributed by atoms with Crippen LogP contribution in [0, 0.1) is 0 Å². The number of carbonyl (C=O) groups is 1. The van der Waals surface area contributed by atoms with Crippen molar-refractivity contribution in [2.45, 2.75) is 0 Å². The Balaban J connectivity index is 2.89. The molecule has 5 heteroatoms. The van der Waals surface area contributed by atoms with Crippen molar-refractivity contribution < 1.29 is 9.90 Å². The molecule has 60 valence electrons. The fourth-order valence-corrected chi connectivity index (χ4v) is 0.729. The van der Waals surface area contributed by atoms with Crippen molar-refractivity contribution >= 4 is 5.97 Å². The van der Waals surface area contributed by atoms with Crippen LogP contribution in [0.5, 0.6) is 0 Å². The number of nitrogens with two attached hydrogens (primary N) is 2. The molecule has 1 aliphatic rings. The van der Waals surface area contributed by atoms with Crippen LogP contribution in [0.25, 0.3) is 0 Å². The maximum absolute atomic E-state index is 10.4. The second-order valence-corrected chi connectivity index (χ2v) is 2.20. The lowest BCUT2D eigenvalue weighted by molar-refractivity contribution is -0.133. The Hall–Kier alpha value is -1.65. The highest BCUT2D eigenvalue weighted by atomic mass is 16.4. The number of carboxylic acid groups (broad SMARTS) is 1. The fraction of sp³-hybridized carbons (Fsp3) is 0.167. The van der Waals surface area contributed by atoms with E-state index < -0.39 is 5.97 Å². The van der Waals surface area contributed by atoms with Gasteiger partial charge in [-0.05, 0) is 6.08 Å². The molecule has 0 aromatic rings. The van der Waals surface area contributed by atoms with Crippen molar-refractivity contribution in [3.63, 3.8) is 0 Å². The average molecular weight is 155 g/mol. The first kappa shape index (κ1) is 7.46. The van der Waals surface area contributed by atoms with E-state index in [4.69, 9.17) is 16.6 Å². The van der Waals surface area contributed by atoms with Gasteiger partial charge in [0.1, 0.15) is 5.70 Å². The van der Waals surface area contributed by atoms with Crippen molar-refractivity contribution in [3.05, 3.63) is 23.2 Å². The van der Waals surface area contributed by atoms with E-state index in [1.165, 1.54) is 6.08 Å². The minimum absolute atomic E-state index is 0.0803. The first-order chi connectivity index (χ1) is 5.11. The second-order valence-electron chi connectivity index (χ2n) is 2.20. The average Bonchev–Trinajstić information content (AvgIpc) is 1.94. The number of carboxylic acids is 1. The summed E-state index contributed by atoms with van der Waals surface area (Å²) in [5.74, 6) is -1.03. The molecular formula is C6H9N3O2. The second kappa shape index (κ2) is 2.53. The minimum Gasteiger partial charge on any atom is -0.477 e. The van der Waals surface area contributed by atoms with Crippen LogP contribution in [-0.2, 0) is 4.79 Å². The van der Waals surface area contributed by atoms with E-state index in [0.29, 0.717) is 17.9 Å². The van der Waals surface area contributed by atoms with E-state index in [0.717, 1.165) is 0 Å². The van der Waals surface area contributed by atoms with E-state index >= 15 is 0 Å². The summed E-state index contributed by atoms with van der Waals surface area (Å²) in [4.78, 5) is 10.4. The zero-order chi connectivity index (χ0) is 8.43. The lowest BCUT2D eigenvalue weighted by atomic mass is 10.2. The van der Waals surface area contributed by atoms with Crippen molar-refractivity contribution in [1.82, 2.24) is 5.32 Å². The normalized spacial score (nSPS) is 17.3. The van der Waals surface area contributed by atoms with E-state index in [2.05, 4.69) is 5.32 Å². The van der Waals surface area contributed by atoms with Gasteiger partial charge in [-0.2, -0.15) is 0 Å². The van der Waals surface area contributed by atoms with Crippen molar-refractivity contribution in [3.8, 4) is 0 Å². The molecule has 0 bridgehead atoms. The largest absolute Gasteiger partial charge is 0.477 e. The quantitative estimate of drug-likeness (QED) is 0.376. The highest BCUT2D eigenvalue weighted by Crippen LogP contribution is 2.03. The van der Waals surface area contributed by atoms with E-state index in [1.54, 1.807) is 0 Å². The molecule has 11 heavy (non-hydrogen) atoms. The Morgan fingerprint density at radius 2 is 2.27 bits per heavy atom. The third-order valence-electron chi connectivity index (χ3n) is 1.37. The SMILES string of the molecule is NC1=C(N)CNC(C(=O)O)=C1. The Kier molecular flexibility index (Phi) is 1.72. The molecule has 1 rings (SSSR count). The van der Waals surface area contributed by atoms with Gasteiger partial charge in [-0.15, -0.1) is 0 Å². The van der Waals surface area contributed by atoms with Crippen LogP contribution in [0.15, 0.2) is 23.2 Å². The Morgan fingerprint density at radius 3 is 2.73 bits per heavy atom. The van der Waals surface area contributed by atoms with Crippen LogP contribution in [0.2, 0.25) is 0 Å². The Labute approximate surface area is 63.4 Å². The molecule has 1 aliphatic heterocycles. The predicted molar refractivity (Wildman–Crippen MR) is 39.1 cm³/mol. The van der Waals surface area contributed by atoms with E-state index in [9.17, 15) is 4.79 Å². The maximum Gasteiger partial charge on any atom is 0.352 e. The summed E-state index contributed by atoms with van der Waals surface area (Å²) >= 11 is 0. The van der Waals surface area contributed by atoms with Gasteiger partial charge < -0.3 is 21.9 Å². The fourth-order valence-electron chi connectivity index (χ4n) is 0.729. The lowest BCUT2D eigenvalue weighted by Gasteiger charge is -2.14. The van der Waals surface area contributed by atoms with Gasteiger partial charge in [0.25, 0.3) is 0 Å². The standard InChI is InChI=1S/C6H9N3O2/c7-3-1-5(6(10)11)9-2-4(3)8/h1,9H,2,7-8H2,(H,10,11). The first-order valence-corrected chi connectivity index (χ1v) is 3.04. The van der Waals surface area contributed by atoms with E-state index in [-0.39, 0.29) is 5.70 Å². The van der Waals surface area contributed by atoms with Gasteiger partial charge in [0, 0.05) is 0 Å². The number of hydrogen-bond acceptors (Lipinski definition) is 4. The molecule has 0 saturated heterocycles. The zero-order valence-electron chi connectivity index (χ0n) is 5.79. The van der Waals surface area contributed by atoms with Crippen LogP contribution in [0.1, 0.15) is 0 Å². The number of allylic oxidation sites excluding steroid dienone is 1. The highest BCUT2D eigenvalue weighted by molar-refractivity contribution is 5.86. The Morgan fingerprint density at radius 1 is 1.64 bits per heavy atom. The molecule has 0 radical (unpaired) electrons. The lowest BCUT2D eigenvalue weighted by Crippen LogP contribution is -2.31. The minimum atomic E-state index is -1.03. The number of rotatable bonds is 1. The maximum atomic E-state index is 10.4. The summed E-state index contributed by atoms with van der Waals surface area (Å²) in [7, 11) is 0. The Bertz CT molecular complexity index is 255. The van der Waals surface area contributed by atoms with Gasteiger partial charge in [0.2, 0.25) is 0 Å². The summed E-state index contributed by atoms with van der Waals surface area (Å²) in [6.45, 7) is 0.296. The summed E-state index contributed by atoms with van der Waals surface area (Å²) < 4.78 is 0. The molecule has 0 spiro atoms. The molecule has 6 N–H and O–H groups in total. The van der Waals surface area contributed by atoms with Gasteiger partial charge in [-0.25, -0.2) is 4.79 Å². The van der Waals surface area contributed by atoms with Gasteiger partial charge >= 0.3 is 5.97 Å². The van der Waals surface area contributed by atoms with Gasteiger partial charge in [0.15, 0.2) is 0 Å². The molecular weight excluding hydrogens is 146 g/mol. The third kappa shape index (κ3) is 1.43. The third-order valence-corrected chi connectivity index (χ3v) is 1.37. The molecule has 0 aromatic carbocycles. The predicted octanol–water partition coefficient (Wildman–Crippen LogP) is -1.31. The van der Waals surface area contributed by atoms with Crippen molar-refractivity contribution in [2.75, 3.05) is 6.54 Å². The number of hydrogen-bond donors (Lipinski definition) is 4. The summed E-state index contributed by atoms with van der Waals surface area (Å²) in [5.41, 5.74) is 11.6. The number of dihydropyridines is 1. The molecule has 0 aliphatic carbocycles. The van der Waals surface area contributed by atoms with Crippen molar-refractivity contribution in [1.29, 1.82) is 0 Å². The summed E-state index contributed by atoms with van der Waals surface area (Å²) in [6.07, 6.45) is 1.31. The zero-order valence-corrected chi connectivity index (χ0v) is 5.79. The van der Waals surface area contributed by atoms with Crippen LogP contribution < -0.4 is 16.8 Å². The highest BCUT2D eigenvalue weighted by Gasteiger charge is 2.12. The first-order valence-electron chi connectivity index (χ1n) is 3.04. The monoisotopic (exact) mass is 155 g/mol. The van der Waals surface area contributed by atoms with Gasteiger partial charge in [-0.1, -0.05) is 0 Å². The van der Waals surface area contributed by atoms with Crippen LogP contribution in [0.4, 0.5) is 0 Å². The smallest absolute Gasteiger partial charge is 0.352 e. The molecule has 1 heterocycles. The topological polar surface area (TPSA) is 101 Å². The molecule has 5 nitrogen and oxygen atoms in total. The molecule has 0 unspecified atom stereocenters. The van der Waals surface area contributed by atoms with Crippen LogP contribution in [0.3, 0.4) is 0 Å². The van der Waals surface area contributed by atoms with E-state index in [1.807, 2.05) is 0 Å². The van der Waals surface area contributed by atoms with Gasteiger partial charge in [-0.3, -0.25) is 0 Å². The van der Waals surface area contributed by atoms with Gasteiger partial charge in [0.05, 0.1) is 17.9 Å². The number of aliphatic carboxylic acids is 1.